The monoisotopic (exact) mass is 280 g/mol. The van der Waals surface area contributed by atoms with Gasteiger partial charge in [-0.1, -0.05) is 19.9 Å². The number of nitrogens with two attached hydrogens (primary N) is 1. The summed E-state index contributed by atoms with van der Waals surface area (Å²) in [5, 5.41) is 4.48. The molecule has 0 amide bonds. The van der Waals surface area contributed by atoms with Crippen molar-refractivity contribution in [3.8, 4) is 0 Å². The summed E-state index contributed by atoms with van der Waals surface area (Å²) in [6.45, 7) is 6.30. The topological polar surface area (TPSA) is 56.2 Å². The predicted octanol–water partition coefficient (Wildman–Crippen LogP) is 3.33. The smallest absolute Gasteiger partial charge is 0.155 e. The minimum Gasteiger partial charge on any atom is -0.399 e. The Morgan fingerprint density at radius 1 is 1.19 bits per heavy atom. The zero-order valence-electron chi connectivity index (χ0n) is 12.7. The molecule has 0 saturated heterocycles. The van der Waals surface area contributed by atoms with E-state index in [-0.39, 0.29) is 0 Å². The van der Waals surface area contributed by atoms with Gasteiger partial charge >= 0.3 is 0 Å². The lowest BCUT2D eigenvalue weighted by Crippen LogP contribution is -1.96. The number of rotatable bonds is 3. The lowest BCUT2D eigenvalue weighted by molar-refractivity contribution is 0.765. The zero-order valence-corrected chi connectivity index (χ0v) is 12.7. The third-order valence-corrected chi connectivity index (χ3v) is 3.70. The second kappa shape index (κ2) is 5.20. The molecule has 0 unspecified atom stereocenters. The molecule has 0 bridgehead atoms. The first-order chi connectivity index (χ1) is 10.0. The van der Waals surface area contributed by atoms with E-state index in [2.05, 4.69) is 49.1 Å². The molecule has 1 aromatic carbocycles. The number of aryl methyl sites for hydroxylation is 1. The van der Waals surface area contributed by atoms with Crippen molar-refractivity contribution in [3.05, 3.63) is 59.0 Å². The SMILES string of the molecule is Cc1cc(N)ccc1Cc1ccn2nc(C(C)C)nc2c1. The second-order valence-corrected chi connectivity index (χ2v) is 5.83. The van der Waals surface area contributed by atoms with Crippen LogP contribution in [0.4, 0.5) is 5.69 Å². The van der Waals surface area contributed by atoms with Crippen molar-refractivity contribution in [2.45, 2.75) is 33.1 Å². The van der Waals surface area contributed by atoms with Gasteiger partial charge in [0.2, 0.25) is 0 Å². The van der Waals surface area contributed by atoms with E-state index in [4.69, 9.17) is 5.73 Å². The van der Waals surface area contributed by atoms with Crippen molar-refractivity contribution in [3.63, 3.8) is 0 Å². The normalized spacial score (nSPS) is 11.4. The number of anilines is 1. The van der Waals surface area contributed by atoms with Gasteiger partial charge in [-0.05, 0) is 54.3 Å². The Morgan fingerprint density at radius 2 is 2.00 bits per heavy atom. The molecule has 4 heteroatoms. The van der Waals surface area contributed by atoms with Crippen LogP contribution in [0.3, 0.4) is 0 Å². The van der Waals surface area contributed by atoms with Gasteiger partial charge in [-0.2, -0.15) is 5.10 Å². The fraction of sp³-hybridized carbons (Fsp3) is 0.294. The highest BCUT2D eigenvalue weighted by Crippen LogP contribution is 2.18. The highest BCUT2D eigenvalue weighted by Gasteiger charge is 2.08. The Kier molecular flexibility index (Phi) is 3.37. The van der Waals surface area contributed by atoms with Crippen molar-refractivity contribution in [1.29, 1.82) is 0 Å². The number of fused-ring (bicyclic) bond motifs is 1. The number of aromatic nitrogens is 3. The molecule has 3 rings (SSSR count). The summed E-state index contributed by atoms with van der Waals surface area (Å²) in [5.74, 6) is 1.23. The first-order valence-electron chi connectivity index (χ1n) is 7.23. The van der Waals surface area contributed by atoms with Crippen LogP contribution in [-0.2, 0) is 6.42 Å². The molecule has 3 aromatic rings. The van der Waals surface area contributed by atoms with Crippen molar-refractivity contribution in [1.82, 2.24) is 14.6 Å². The standard InChI is InChI=1S/C17H20N4/c1-11(2)17-19-16-10-13(6-7-21(16)20-17)9-14-4-5-15(18)8-12(14)3/h4-8,10-11H,9,18H2,1-3H3. The molecule has 2 N–H and O–H groups in total. The Bertz CT molecular complexity index is 787. The summed E-state index contributed by atoms with van der Waals surface area (Å²) in [6, 6.07) is 10.3. The number of benzene rings is 1. The average Bonchev–Trinajstić information content (AvgIpc) is 2.85. The molecule has 0 aliphatic rings. The van der Waals surface area contributed by atoms with Crippen molar-refractivity contribution < 1.29 is 0 Å². The third kappa shape index (κ3) is 2.75. The summed E-state index contributed by atoms with van der Waals surface area (Å²) >= 11 is 0. The molecule has 0 atom stereocenters. The summed E-state index contributed by atoms with van der Waals surface area (Å²) in [4.78, 5) is 4.58. The molecule has 0 aliphatic carbocycles. The van der Waals surface area contributed by atoms with Crippen LogP contribution in [0.15, 0.2) is 36.5 Å². The molecule has 0 aliphatic heterocycles. The zero-order chi connectivity index (χ0) is 15.0. The predicted molar refractivity (Wildman–Crippen MR) is 85.5 cm³/mol. The average molecular weight is 280 g/mol. The highest BCUT2D eigenvalue weighted by atomic mass is 15.3. The van der Waals surface area contributed by atoms with Crippen LogP contribution in [0.1, 0.15) is 42.3 Å². The van der Waals surface area contributed by atoms with E-state index in [9.17, 15) is 0 Å². The lowest BCUT2D eigenvalue weighted by atomic mass is 10.0. The summed E-state index contributed by atoms with van der Waals surface area (Å²) in [5.41, 5.74) is 11.3. The quantitative estimate of drug-likeness (QED) is 0.749. The molecular weight excluding hydrogens is 260 g/mol. The number of pyridine rings is 1. The largest absolute Gasteiger partial charge is 0.399 e. The lowest BCUT2D eigenvalue weighted by Gasteiger charge is -2.07. The van der Waals surface area contributed by atoms with Gasteiger partial charge in [0.25, 0.3) is 0 Å². The molecular formula is C17H20N4. The first kappa shape index (κ1) is 13.6. The number of nitrogens with zero attached hydrogens (tertiary/aromatic N) is 3. The molecule has 108 valence electrons. The van der Waals surface area contributed by atoms with Crippen LogP contribution in [0.2, 0.25) is 0 Å². The minimum absolute atomic E-state index is 0.340. The number of hydrogen-bond donors (Lipinski definition) is 1. The van der Waals surface area contributed by atoms with Crippen LogP contribution < -0.4 is 5.73 Å². The van der Waals surface area contributed by atoms with Gasteiger partial charge in [0.15, 0.2) is 11.5 Å². The van der Waals surface area contributed by atoms with Crippen LogP contribution in [0.5, 0.6) is 0 Å². The maximum atomic E-state index is 5.80. The van der Waals surface area contributed by atoms with Crippen LogP contribution in [-0.4, -0.2) is 14.6 Å². The molecule has 0 spiro atoms. The van der Waals surface area contributed by atoms with Crippen LogP contribution >= 0.6 is 0 Å². The van der Waals surface area contributed by atoms with Gasteiger partial charge in [0.1, 0.15) is 0 Å². The molecule has 21 heavy (non-hydrogen) atoms. The molecule has 0 radical (unpaired) electrons. The summed E-state index contributed by atoms with van der Waals surface area (Å²) < 4.78 is 1.84. The Balaban J connectivity index is 1.93. The molecule has 2 heterocycles. The van der Waals surface area contributed by atoms with E-state index >= 15 is 0 Å². The van der Waals surface area contributed by atoms with Crippen LogP contribution in [0, 0.1) is 6.92 Å². The van der Waals surface area contributed by atoms with Gasteiger partial charge in [0, 0.05) is 17.8 Å². The molecule has 4 nitrogen and oxygen atoms in total. The molecule has 0 saturated carbocycles. The van der Waals surface area contributed by atoms with Gasteiger partial charge in [-0.25, -0.2) is 9.50 Å². The van der Waals surface area contributed by atoms with Crippen LogP contribution in [0.25, 0.3) is 5.65 Å². The first-order valence-corrected chi connectivity index (χ1v) is 7.23. The fourth-order valence-electron chi connectivity index (χ4n) is 2.43. The Hall–Kier alpha value is -2.36. The minimum atomic E-state index is 0.340. The molecule has 0 fully saturated rings. The maximum absolute atomic E-state index is 5.80. The van der Waals surface area contributed by atoms with Crippen molar-refractivity contribution in [2.24, 2.45) is 0 Å². The second-order valence-electron chi connectivity index (χ2n) is 5.83. The maximum Gasteiger partial charge on any atom is 0.155 e. The van der Waals surface area contributed by atoms with Gasteiger partial charge in [0.05, 0.1) is 0 Å². The summed E-state index contributed by atoms with van der Waals surface area (Å²) in [7, 11) is 0. The molecule has 2 aromatic heterocycles. The van der Waals surface area contributed by atoms with E-state index in [1.54, 1.807) is 0 Å². The van der Waals surface area contributed by atoms with Crippen molar-refractivity contribution in [2.75, 3.05) is 5.73 Å². The van der Waals surface area contributed by atoms with Crippen molar-refractivity contribution >= 4 is 11.3 Å². The van der Waals surface area contributed by atoms with Gasteiger partial charge < -0.3 is 5.73 Å². The Labute approximate surface area is 124 Å². The highest BCUT2D eigenvalue weighted by molar-refractivity contribution is 5.47. The summed E-state index contributed by atoms with van der Waals surface area (Å²) in [6.07, 6.45) is 2.86. The van der Waals surface area contributed by atoms with Gasteiger partial charge in [-0.3, -0.25) is 0 Å². The van der Waals surface area contributed by atoms with E-state index in [1.165, 1.54) is 16.7 Å². The van der Waals surface area contributed by atoms with E-state index in [0.29, 0.717) is 5.92 Å². The fourth-order valence-corrected chi connectivity index (χ4v) is 2.43. The van der Waals surface area contributed by atoms with E-state index in [0.717, 1.165) is 23.6 Å². The van der Waals surface area contributed by atoms with Gasteiger partial charge in [-0.15, -0.1) is 0 Å². The number of nitrogen functional groups attached to an aromatic ring is 1. The Morgan fingerprint density at radius 3 is 2.71 bits per heavy atom. The number of hydrogen-bond acceptors (Lipinski definition) is 3. The van der Waals surface area contributed by atoms with E-state index in [1.807, 2.05) is 22.8 Å². The third-order valence-electron chi connectivity index (χ3n) is 3.70. The van der Waals surface area contributed by atoms with E-state index < -0.39 is 0 Å².